The molecule has 0 radical (unpaired) electrons. The zero-order valence-corrected chi connectivity index (χ0v) is 10.8. The van der Waals surface area contributed by atoms with Gasteiger partial charge in [0.15, 0.2) is 0 Å². The monoisotopic (exact) mass is 250 g/mol. The van der Waals surface area contributed by atoms with Crippen molar-refractivity contribution in [3.05, 3.63) is 0 Å². The van der Waals surface area contributed by atoms with Crippen molar-refractivity contribution in [3.63, 3.8) is 0 Å². The summed E-state index contributed by atoms with van der Waals surface area (Å²) in [6, 6.07) is 0. The highest BCUT2D eigenvalue weighted by atomic mass is 15.6. The van der Waals surface area contributed by atoms with Crippen LogP contribution in [0.2, 0.25) is 0 Å². The largest absolute Gasteiger partial charge is 0.298 e. The highest BCUT2D eigenvalue weighted by Crippen LogP contribution is 2.36. The van der Waals surface area contributed by atoms with E-state index in [1.165, 1.54) is 39.3 Å². The van der Waals surface area contributed by atoms with Crippen LogP contribution < -0.4 is 10.6 Å². The van der Waals surface area contributed by atoms with E-state index in [-0.39, 0.29) is 0 Å². The van der Waals surface area contributed by atoms with Gasteiger partial charge in [-0.3, -0.25) is 30.2 Å². The first-order chi connectivity index (χ1) is 8.93. The number of rotatable bonds is 0. The zero-order valence-electron chi connectivity index (χ0n) is 10.8. The van der Waals surface area contributed by atoms with E-state index in [0.29, 0.717) is 24.7 Å². The molecule has 5 aliphatic heterocycles. The fourth-order valence-corrected chi connectivity index (χ4v) is 4.79. The maximum absolute atomic E-state index is 3.77. The summed E-state index contributed by atoms with van der Waals surface area (Å²) in [7, 11) is 0. The molecule has 4 atom stereocenters. The van der Waals surface area contributed by atoms with Gasteiger partial charge in [0, 0.05) is 52.4 Å². The van der Waals surface area contributed by atoms with Crippen LogP contribution >= 0.6 is 0 Å². The fraction of sp³-hybridized carbons (Fsp3) is 1.00. The highest BCUT2D eigenvalue weighted by molar-refractivity contribution is 5.08. The second kappa shape index (κ2) is 3.65. The van der Waals surface area contributed by atoms with Crippen LogP contribution in [-0.2, 0) is 0 Å². The minimum Gasteiger partial charge on any atom is -0.298 e. The zero-order chi connectivity index (χ0) is 11.7. The van der Waals surface area contributed by atoms with Gasteiger partial charge in [-0.1, -0.05) is 0 Å². The molecule has 0 aromatic rings. The van der Waals surface area contributed by atoms with Crippen molar-refractivity contribution in [1.82, 2.24) is 30.2 Å². The van der Waals surface area contributed by atoms with Gasteiger partial charge >= 0.3 is 0 Å². The lowest BCUT2D eigenvalue weighted by atomic mass is 10.1. The maximum atomic E-state index is 3.77. The fourth-order valence-electron chi connectivity index (χ4n) is 4.79. The molecule has 0 bridgehead atoms. The highest BCUT2D eigenvalue weighted by Gasteiger charge is 2.57. The van der Waals surface area contributed by atoms with Crippen molar-refractivity contribution in [2.24, 2.45) is 0 Å². The lowest BCUT2D eigenvalue weighted by molar-refractivity contribution is -0.138. The standard InChI is InChI=1S/C12H22N6/c1-3-15-5-7-18-10-12-16(4-2-14-10)6-8-17(12)9(13-1)11(15)18/h9-14H,1-8H2/t9-,10-,11-,12+/m0/s1. The molecule has 6 nitrogen and oxygen atoms in total. The Labute approximate surface area is 108 Å². The van der Waals surface area contributed by atoms with E-state index in [2.05, 4.69) is 30.2 Å². The maximum Gasteiger partial charge on any atom is 0.0934 e. The molecule has 0 unspecified atom stereocenters. The van der Waals surface area contributed by atoms with Crippen LogP contribution in [0.1, 0.15) is 0 Å². The molecule has 0 aromatic carbocycles. The van der Waals surface area contributed by atoms with E-state index in [4.69, 9.17) is 0 Å². The van der Waals surface area contributed by atoms with Gasteiger partial charge in [-0.05, 0) is 0 Å². The Hall–Kier alpha value is -0.240. The number of nitrogens with one attached hydrogen (secondary N) is 2. The van der Waals surface area contributed by atoms with E-state index in [0.717, 1.165) is 13.1 Å². The first-order valence-electron chi connectivity index (χ1n) is 7.40. The summed E-state index contributed by atoms with van der Waals surface area (Å²) in [6.45, 7) is 9.70. The number of fused-ring (bicyclic) bond motifs is 2. The van der Waals surface area contributed by atoms with Crippen LogP contribution in [0.15, 0.2) is 0 Å². The number of hydrogen-bond donors (Lipinski definition) is 2. The average molecular weight is 250 g/mol. The Morgan fingerprint density at radius 3 is 1.61 bits per heavy atom. The Kier molecular flexibility index (Phi) is 2.14. The Morgan fingerprint density at radius 2 is 1.11 bits per heavy atom. The number of hydrogen-bond acceptors (Lipinski definition) is 6. The van der Waals surface area contributed by atoms with E-state index in [9.17, 15) is 0 Å². The second-order valence-electron chi connectivity index (χ2n) is 6.17. The van der Waals surface area contributed by atoms with Gasteiger partial charge in [-0.25, -0.2) is 0 Å². The summed E-state index contributed by atoms with van der Waals surface area (Å²) in [5.74, 6) is 0. The molecule has 0 aliphatic carbocycles. The molecule has 0 aromatic heterocycles. The van der Waals surface area contributed by atoms with Crippen molar-refractivity contribution in [3.8, 4) is 0 Å². The second-order valence-corrected chi connectivity index (χ2v) is 6.17. The molecule has 2 N–H and O–H groups in total. The van der Waals surface area contributed by atoms with Crippen LogP contribution in [-0.4, -0.2) is 96.6 Å². The normalized spacial score (nSPS) is 49.3. The summed E-state index contributed by atoms with van der Waals surface area (Å²) >= 11 is 0. The average Bonchev–Trinajstić information content (AvgIpc) is 3.01. The molecule has 5 fully saturated rings. The van der Waals surface area contributed by atoms with E-state index in [1.54, 1.807) is 0 Å². The summed E-state index contributed by atoms with van der Waals surface area (Å²) in [6.07, 6.45) is 2.30. The van der Waals surface area contributed by atoms with Crippen molar-refractivity contribution in [2.45, 2.75) is 24.7 Å². The molecule has 0 saturated carbocycles. The van der Waals surface area contributed by atoms with E-state index >= 15 is 0 Å². The predicted octanol–water partition coefficient (Wildman–Crippen LogP) is -2.25. The van der Waals surface area contributed by atoms with Crippen LogP contribution in [0.5, 0.6) is 0 Å². The topological polar surface area (TPSA) is 37.0 Å². The van der Waals surface area contributed by atoms with Gasteiger partial charge in [-0.2, -0.15) is 0 Å². The van der Waals surface area contributed by atoms with Gasteiger partial charge in [0.25, 0.3) is 0 Å². The quantitative estimate of drug-likeness (QED) is 0.506. The molecular weight excluding hydrogens is 228 g/mol. The van der Waals surface area contributed by atoms with Crippen LogP contribution in [0.3, 0.4) is 0 Å². The minimum atomic E-state index is 0.549. The first kappa shape index (κ1) is 10.5. The van der Waals surface area contributed by atoms with Crippen molar-refractivity contribution in [2.75, 3.05) is 52.4 Å². The Bertz CT molecular complexity index is 328. The Balaban J connectivity index is 1.57. The minimum absolute atomic E-state index is 0.549. The molecule has 5 heterocycles. The van der Waals surface area contributed by atoms with Crippen LogP contribution in [0, 0.1) is 0 Å². The summed E-state index contributed by atoms with van der Waals surface area (Å²) < 4.78 is 0. The summed E-state index contributed by atoms with van der Waals surface area (Å²) in [5.41, 5.74) is 0. The molecule has 5 rings (SSSR count). The molecule has 0 spiro atoms. The first-order valence-corrected chi connectivity index (χ1v) is 7.40. The number of nitrogens with zero attached hydrogens (tertiary/aromatic N) is 4. The van der Waals surface area contributed by atoms with Gasteiger partial charge < -0.3 is 0 Å². The van der Waals surface area contributed by atoms with Gasteiger partial charge in [0.2, 0.25) is 0 Å². The van der Waals surface area contributed by atoms with Crippen molar-refractivity contribution in [1.29, 1.82) is 0 Å². The summed E-state index contributed by atoms with van der Waals surface area (Å²) in [5, 5.41) is 7.54. The smallest absolute Gasteiger partial charge is 0.0934 e. The third-order valence-corrected chi connectivity index (χ3v) is 5.50. The Morgan fingerprint density at radius 1 is 0.611 bits per heavy atom. The molecule has 18 heavy (non-hydrogen) atoms. The van der Waals surface area contributed by atoms with Gasteiger partial charge in [0.1, 0.15) is 0 Å². The van der Waals surface area contributed by atoms with Crippen LogP contribution in [0.4, 0.5) is 0 Å². The summed E-state index contributed by atoms with van der Waals surface area (Å²) in [4.78, 5) is 10.8. The molecule has 0 amide bonds. The molecule has 5 saturated heterocycles. The molecule has 100 valence electrons. The number of piperazine rings is 3. The van der Waals surface area contributed by atoms with Gasteiger partial charge in [-0.15, -0.1) is 0 Å². The molecular formula is C12H22N6. The van der Waals surface area contributed by atoms with E-state index < -0.39 is 0 Å². The van der Waals surface area contributed by atoms with Crippen molar-refractivity contribution >= 4 is 0 Å². The van der Waals surface area contributed by atoms with Gasteiger partial charge in [0.05, 0.1) is 24.7 Å². The SMILES string of the molecule is C1CN2CCN3[C@@H]4NCCN5CCN([C@H](N1)[C@@H]23)[C@H]45. The third-order valence-electron chi connectivity index (χ3n) is 5.50. The predicted molar refractivity (Wildman–Crippen MR) is 67.7 cm³/mol. The lowest BCUT2D eigenvalue weighted by Gasteiger charge is -2.57. The third kappa shape index (κ3) is 1.19. The van der Waals surface area contributed by atoms with Crippen LogP contribution in [0.25, 0.3) is 0 Å². The molecule has 5 aliphatic rings. The molecule has 6 heteroatoms. The lowest BCUT2D eigenvalue weighted by Crippen LogP contribution is -2.79. The van der Waals surface area contributed by atoms with Crippen molar-refractivity contribution < 1.29 is 0 Å². The van der Waals surface area contributed by atoms with E-state index in [1.807, 2.05) is 0 Å².